The van der Waals surface area contributed by atoms with Gasteiger partial charge in [0.05, 0.1) is 5.69 Å². The summed E-state index contributed by atoms with van der Waals surface area (Å²) in [5.74, 6) is -0.428. The Morgan fingerprint density at radius 3 is 2.56 bits per heavy atom. The van der Waals surface area contributed by atoms with Gasteiger partial charge in [0.25, 0.3) is 0 Å². The molecule has 4 nitrogen and oxygen atoms in total. The Kier molecular flexibility index (Phi) is 3.33. The van der Waals surface area contributed by atoms with Crippen LogP contribution in [0.5, 0.6) is 0 Å². The largest absolute Gasteiger partial charge is 0.398 e. The molecule has 1 unspecified atom stereocenters. The van der Waals surface area contributed by atoms with Crippen molar-refractivity contribution in [3.05, 3.63) is 24.0 Å². The Balaban J connectivity index is 2.41. The Hall–Kier alpha value is -1.14. The summed E-state index contributed by atoms with van der Waals surface area (Å²) in [5.41, 5.74) is 5.54. The highest BCUT2D eigenvalue weighted by Gasteiger charge is 2.37. The van der Waals surface area contributed by atoms with Crippen molar-refractivity contribution >= 4 is 15.7 Å². The second-order valence-electron chi connectivity index (χ2n) is 4.76. The molecule has 2 rings (SSSR count). The van der Waals surface area contributed by atoms with Crippen LogP contribution in [-0.2, 0) is 10.0 Å². The smallest absolute Gasteiger partial charge is 0.248 e. The Morgan fingerprint density at radius 1 is 1.44 bits per heavy atom. The third-order valence-electron chi connectivity index (χ3n) is 3.51. The standard InChI is InChI=1S/C12H17FN2O2S/c1-8(9-6-7-9)15(2)18(16,17)12-10(13)4-3-5-11(12)14/h3-5,8-9H,6-7,14H2,1-2H3. The molecule has 0 amide bonds. The summed E-state index contributed by atoms with van der Waals surface area (Å²) in [4.78, 5) is -0.417. The minimum absolute atomic E-state index is 0.0511. The number of nitrogens with zero attached hydrogens (tertiary/aromatic N) is 1. The van der Waals surface area contributed by atoms with Gasteiger partial charge in [-0.15, -0.1) is 0 Å². The predicted octanol–water partition coefficient (Wildman–Crippen LogP) is 1.83. The van der Waals surface area contributed by atoms with Crippen molar-refractivity contribution in [1.82, 2.24) is 4.31 Å². The van der Waals surface area contributed by atoms with Crippen LogP contribution < -0.4 is 5.73 Å². The molecule has 1 aromatic carbocycles. The van der Waals surface area contributed by atoms with Gasteiger partial charge in [-0.3, -0.25) is 0 Å². The lowest BCUT2D eigenvalue weighted by molar-refractivity contribution is 0.355. The number of rotatable bonds is 4. The van der Waals surface area contributed by atoms with Crippen LogP contribution >= 0.6 is 0 Å². The van der Waals surface area contributed by atoms with Crippen LogP contribution in [0.25, 0.3) is 0 Å². The van der Waals surface area contributed by atoms with Crippen molar-refractivity contribution in [3.63, 3.8) is 0 Å². The van der Waals surface area contributed by atoms with Gasteiger partial charge in [-0.05, 0) is 37.8 Å². The van der Waals surface area contributed by atoms with Crippen molar-refractivity contribution in [2.45, 2.75) is 30.7 Å². The van der Waals surface area contributed by atoms with E-state index in [0.717, 1.165) is 18.9 Å². The molecule has 100 valence electrons. The first-order chi connectivity index (χ1) is 8.35. The van der Waals surface area contributed by atoms with Gasteiger partial charge < -0.3 is 5.73 Å². The van der Waals surface area contributed by atoms with Crippen LogP contribution in [-0.4, -0.2) is 25.8 Å². The minimum atomic E-state index is -3.87. The topological polar surface area (TPSA) is 63.4 Å². The van der Waals surface area contributed by atoms with Crippen LogP contribution in [0.4, 0.5) is 10.1 Å². The molecule has 1 aromatic rings. The second-order valence-corrected chi connectivity index (χ2v) is 6.69. The maximum atomic E-state index is 13.7. The highest BCUT2D eigenvalue weighted by atomic mass is 32.2. The number of nitrogens with two attached hydrogens (primary N) is 1. The van der Waals surface area contributed by atoms with E-state index in [4.69, 9.17) is 5.73 Å². The first-order valence-electron chi connectivity index (χ1n) is 5.87. The molecule has 0 aliphatic heterocycles. The van der Waals surface area contributed by atoms with Crippen molar-refractivity contribution in [2.24, 2.45) is 5.92 Å². The number of sulfonamides is 1. The lowest BCUT2D eigenvalue weighted by Crippen LogP contribution is -2.37. The summed E-state index contributed by atoms with van der Waals surface area (Å²) >= 11 is 0. The molecule has 18 heavy (non-hydrogen) atoms. The molecule has 0 bridgehead atoms. The molecule has 0 spiro atoms. The van der Waals surface area contributed by atoms with Crippen molar-refractivity contribution in [1.29, 1.82) is 0 Å². The number of nitrogen functional groups attached to an aromatic ring is 1. The molecule has 6 heteroatoms. The van der Waals surface area contributed by atoms with Crippen LogP contribution in [0.2, 0.25) is 0 Å². The van der Waals surface area contributed by atoms with E-state index in [1.165, 1.54) is 23.5 Å². The first kappa shape index (κ1) is 13.3. The van der Waals surface area contributed by atoms with Gasteiger partial charge in [0, 0.05) is 13.1 Å². The first-order valence-corrected chi connectivity index (χ1v) is 7.31. The molecule has 1 aliphatic carbocycles. The van der Waals surface area contributed by atoms with Crippen LogP contribution in [0.15, 0.2) is 23.1 Å². The summed E-state index contributed by atoms with van der Waals surface area (Å²) in [6, 6.07) is 3.77. The summed E-state index contributed by atoms with van der Waals surface area (Å²) in [7, 11) is -2.39. The monoisotopic (exact) mass is 272 g/mol. The normalized spacial score (nSPS) is 18.0. The Labute approximate surface area is 107 Å². The summed E-state index contributed by atoms with van der Waals surface area (Å²) < 4.78 is 39.6. The quantitative estimate of drug-likeness (QED) is 0.850. The molecule has 0 heterocycles. The lowest BCUT2D eigenvalue weighted by atomic mass is 10.2. The van der Waals surface area contributed by atoms with E-state index in [1.54, 1.807) is 0 Å². The fourth-order valence-corrected chi connectivity index (χ4v) is 3.61. The third-order valence-corrected chi connectivity index (χ3v) is 5.55. The zero-order valence-corrected chi connectivity index (χ0v) is 11.2. The molecule has 1 fully saturated rings. The number of hydrogen-bond donors (Lipinski definition) is 1. The molecule has 1 atom stereocenters. The molecule has 1 aliphatic rings. The molecule has 2 N–H and O–H groups in total. The van der Waals surface area contributed by atoms with Crippen molar-refractivity contribution in [3.8, 4) is 0 Å². The zero-order chi connectivity index (χ0) is 13.5. The van der Waals surface area contributed by atoms with Crippen LogP contribution in [0, 0.1) is 11.7 Å². The fourth-order valence-electron chi connectivity index (χ4n) is 2.04. The Morgan fingerprint density at radius 2 is 2.06 bits per heavy atom. The molecule has 0 aromatic heterocycles. The SMILES string of the molecule is CC(C1CC1)N(C)S(=O)(=O)c1c(N)cccc1F. The van der Waals surface area contributed by atoms with Gasteiger partial charge in [0.2, 0.25) is 10.0 Å². The maximum Gasteiger partial charge on any atom is 0.248 e. The van der Waals surface area contributed by atoms with E-state index in [2.05, 4.69) is 0 Å². The average molecular weight is 272 g/mol. The summed E-state index contributed by atoms with van der Waals surface area (Å²) in [6.45, 7) is 1.84. The van der Waals surface area contributed by atoms with E-state index < -0.39 is 20.7 Å². The number of halogens is 1. The molecular weight excluding hydrogens is 255 g/mol. The van der Waals surface area contributed by atoms with E-state index in [-0.39, 0.29) is 11.7 Å². The highest BCUT2D eigenvalue weighted by molar-refractivity contribution is 7.89. The van der Waals surface area contributed by atoms with Gasteiger partial charge in [0.15, 0.2) is 0 Å². The Bertz CT molecular complexity index is 535. The predicted molar refractivity (Wildman–Crippen MR) is 67.9 cm³/mol. The van der Waals surface area contributed by atoms with Crippen molar-refractivity contribution in [2.75, 3.05) is 12.8 Å². The average Bonchev–Trinajstić information content (AvgIpc) is 3.10. The van der Waals surface area contributed by atoms with Crippen LogP contribution in [0.1, 0.15) is 19.8 Å². The third kappa shape index (κ3) is 2.22. The van der Waals surface area contributed by atoms with Gasteiger partial charge >= 0.3 is 0 Å². The molecule has 0 radical (unpaired) electrons. The summed E-state index contributed by atoms with van der Waals surface area (Å²) in [6.07, 6.45) is 2.04. The number of benzene rings is 1. The second kappa shape index (κ2) is 4.51. The van der Waals surface area contributed by atoms with Gasteiger partial charge in [-0.1, -0.05) is 6.07 Å². The fraction of sp³-hybridized carbons (Fsp3) is 0.500. The van der Waals surface area contributed by atoms with E-state index in [0.29, 0.717) is 5.92 Å². The highest BCUT2D eigenvalue weighted by Crippen LogP contribution is 2.37. The number of anilines is 1. The zero-order valence-electron chi connectivity index (χ0n) is 10.4. The molecule has 0 saturated heterocycles. The van der Waals surface area contributed by atoms with E-state index in [9.17, 15) is 12.8 Å². The van der Waals surface area contributed by atoms with Gasteiger partial charge in [0.1, 0.15) is 10.7 Å². The molecular formula is C12H17FN2O2S. The molecule has 1 saturated carbocycles. The van der Waals surface area contributed by atoms with Crippen LogP contribution in [0.3, 0.4) is 0 Å². The number of hydrogen-bond acceptors (Lipinski definition) is 3. The van der Waals surface area contributed by atoms with Gasteiger partial charge in [-0.25, -0.2) is 12.8 Å². The minimum Gasteiger partial charge on any atom is -0.398 e. The maximum absolute atomic E-state index is 13.7. The van der Waals surface area contributed by atoms with Gasteiger partial charge in [-0.2, -0.15) is 4.31 Å². The summed E-state index contributed by atoms with van der Waals surface area (Å²) in [5, 5.41) is 0. The van der Waals surface area contributed by atoms with Crippen molar-refractivity contribution < 1.29 is 12.8 Å². The van der Waals surface area contributed by atoms with E-state index >= 15 is 0 Å². The lowest BCUT2D eigenvalue weighted by Gasteiger charge is -2.24. The van der Waals surface area contributed by atoms with E-state index in [1.807, 2.05) is 6.92 Å².